The molecule has 0 amide bonds. The van der Waals surface area contributed by atoms with Gasteiger partial charge < -0.3 is 4.57 Å². The minimum absolute atomic E-state index is 0.780. The smallest absolute Gasteiger partial charge is 0.127 e. The van der Waals surface area contributed by atoms with Gasteiger partial charge in [-0.1, -0.05) is 54.6 Å². The van der Waals surface area contributed by atoms with Gasteiger partial charge >= 0.3 is 0 Å². The third kappa shape index (κ3) is 3.00. The van der Waals surface area contributed by atoms with E-state index in [0.29, 0.717) is 0 Å². The zero-order valence-corrected chi connectivity index (χ0v) is 16.2. The van der Waals surface area contributed by atoms with Crippen molar-refractivity contribution in [3.63, 3.8) is 0 Å². The molecule has 0 unspecified atom stereocenters. The van der Waals surface area contributed by atoms with E-state index in [1.807, 2.05) is 18.6 Å². The maximum Gasteiger partial charge on any atom is 0.127 e. The standard InChI is InChI=1S/C23H18N4S/c1-16-7-5-6-10-18(16)13-27-15-26-21(17-8-3-2-4-9-17)22(27)20-11-19-12-24-14-25-23(19)28-20/h2-12,14-15H,13H2,1H3. The SMILES string of the molecule is Cc1ccccc1Cn1cnc(-c2ccccc2)c1-c1cc2cncnc2s1. The summed E-state index contributed by atoms with van der Waals surface area (Å²) in [5.41, 5.74) is 5.81. The Morgan fingerprint density at radius 1 is 0.964 bits per heavy atom. The second-order valence-electron chi connectivity index (χ2n) is 6.76. The fourth-order valence-corrected chi connectivity index (χ4v) is 4.48. The largest absolute Gasteiger partial charge is 0.325 e. The Hall–Kier alpha value is -3.31. The number of hydrogen-bond donors (Lipinski definition) is 0. The van der Waals surface area contributed by atoms with E-state index in [2.05, 4.69) is 76.1 Å². The molecule has 0 aliphatic carbocycles. The lowest BCUT2D eigenvalue weighted by Crippen LogP contribution is -2.02. The molecule has 0 aliphatic rings. The van der Waals surface area contributed by atoms with Crippen LogP contribution < -0.4 is 0 Å². The summed E-state index contributed by atoms with van der Waals surface area (Å²) in [6, 6.07) is 21.0. The number of rotatable bonds is 4. The summed E-state index contributed by atoms with van der Waals surface area (Å²) in [4.78, 5) is 15.5. The minimum Gasteiger partial charge on any atom is -0.325 e. The van der Waals surface area contributed by atoms with E-state index in [4.69, 9.17) is 4.98 Å². The predicted molar refractivity (Wildman–Crippen MR) is 114 cm³/mol. The van der Waals surface area contributed by atoms with Gasteiger partial charge in [0.1, 0.15) is 11.2 Å². The summed E-state index contributed by atoms with van der Waals surface area (Å²) in [5.74, 6) is 0. The average molecular weight is 382 g/mol. The van der Waals surface area contributed by atoms with Crippen LogP contribution in [-0.2, 0) is 6.54 Å². The normalized spacial score (nSPS) is 11.2. The highest BCUT2D eigenvalue weighted by Crippen LogP contribution is 2.38. The van der Waals surface area contributed by atoms with E-state index < -0.39 is 0 Å². The van der Waals surface area contributed by atoms with Crippen molar-refractivity contribution in [2.45, 2.75) is 13.5 Å². The van der Waals surface area contributed by atoms with Crippen LogP contribution >= 0.6 is 11.3 Å². The Bertz CT molecular complexity index is 1220. The lowest BCUT2D eigenvalue weighted by atomic mass is 10.1. The maximum atomic E-state index is 4.79. The number of aryl methyl sites for hydroxylation is 1. The Morgan fingerprint density at radius 2 is 1.79 bits per heavy atom. The van der Waals surface area contributed by atoms with Crippen molar-refractivity contribution in [3.8, 4) is 21.8 Å². The first-order chi connectivity index (χ1) is 13.8. The van der Waals surface area contributed by atoms with Crippen LogP contribution in [0.3, 0.4) is 0 Å². The first-order valence-corrected chi connectivity index (χ1v) is 9.96. The second-order valence-corrected chi connectivity index (χ2v) is 7.79. The molecule has 0 saturated carbocycles. The first kappa shape index (κ1) is 16.8. The van der Waals surface area contributed by atoms with Crippen LogP contribution in [0.4, 0.5) is 0 Å². The van der Waals surface area contributed by atoms with Crippen molar-refractivity contribution in [2.24, 2.45) is 0 Å². The quantitative estimate of drug-likeness (QED) is 0.408. The first-order valence-electron chi connectivity index (χ1n) is 9.14. The van der Waals surface area contributed by atoms with Gasteiger partial charge in [-0.2, -0.15) is 0 Å². The molecule has 136 valence electrons. The van der Waals surface area contributed by atoms with E-state index in [9.17, 15) is 0 Å². The molecule has 0 bridgehead atoms. The van der Waals surface area contributed by atoms with Gasteiger partial charge in [-0.25, -0.2) is 15.0 Å². The van der Waals surface area contributed by atoms with Crippen LogP contribution in [0.2, 0.25) is 0 Å². The number of benzene rings is 2. The molecule has 0 fully saturated rings. The number of aromatic nitrogens is 4. The van der Waals surface area contributed by atoms with Gasteiger partial charge in [-0.05, 0) is 24.1 Å². The number of fused-ring (bicyclic) bond motifs is 1. The van der Waals surface area contributed by atoms with E-state index in [1.165, 1.54) is 11.1 Å². The van der Waals surface area contributed by atoms with Gasteiger partial charge in [-0.15, -0.1) is 11.3 Å². The minimum atomic E-state index is 0.780. The molecule has 0 atom stereocenters. The lowest BCUT2D eigenvalue weighted by Gasteiger charge is -2.11. The summed E-state index contributed by atoms with van der Waals surface area (Å²) in [6.45, 7) is 2.93. The topological polar surface area (TPSA) is 43.6 Å². The van der Waals surface area contributed by atoms with Crippen LogP contribution in [-0.4, -0.2) is 19.5 Å². The molecule has 28 heavy (non-hydrogen) atoms. The maximum absolute atomic E-state index is 4.79. The molecule has 0 spiro atoms. The van der Waals surface area contributed by atoms with E-state index in [-0.39, 0.29) is 0 Å². The molecule has 5 rings (SSSR count). The molecule has 0 N–H and O–H groups in total. The van der Waals surface area contributed by atoms with E-state index in [0.717, 1.165) is 38.6 Å². The predicted octanol–water partition coefficient (Wildman–Crippen LogP) is 5.58. The van der Waals surface area contributed by atoms with Gasteiger partial charge in [-0.3, -0.25) is 0 Å². The van der Waals surface area contributed by atoms with Crippen LogP contribution in [0.25, 0.3) is 32.0 Å². The lowest BCUT2D eigenvalue weighted by molar-refractivity contribution is 0.801. The van der Waals surface area contributed by atoms with Crippen molar-refractivity contribution in [1.82, 2.24) is 19.5 Å². The fourth-order valence-electron chi connectivity index (χ4n) is 3.44. The zero-order valence-electron chi connectivity index (χ0n) is 15.4. The third-order valence-electron chi connectivity index (χ3n) is 4.92. The van der Waals surface area contributed by atoms with Crippen molar-refractivity contribution in [3.05, 3.63) is 90.6 Å². The van der Waals surface area contributed by atoms with Gasteiger partial charge in [0.2, 0.25) is 0 Å². The number of hydrogen-bond acceptors (Lipinski definition) is 4. The average Bonchev–Trinajstić information content (AvgIpc) is 3.34. The number of thiophene rings is 1. The van der Waals surface area contributed by atoms with Gasteiger partial charge in [0, 0.05) is 23.7 Å². The molecule has 5 heteroatoms. The van der Waals surface area contributed by atoms with Crippen molar-refractivity contribution in [1.29, 1.82) is 0 Å². The van der Waals surface area contributed by atoms with Gasteiger partial charge in [0.15, 0.2) is 0 Å². The van der Waals surface area contributed by atoms with Crippen molar-refractivity contribution in [2.75, 3.05) is 0 Å². The summed E-state index contributed by atoms with van der Waals surface area (Å²) in [6.07, 6.45) is 5.41. The van der Waals surface area contributed by atoms with Crippen LogP contribution in [0, 0.1) is 6.92 Å². The molecular formula is C23H18N4S. The Kier molecular flexibility index (Phi) is 4.22. The molecule has 3 heterocycles. The van der Waals surface area contributed by atoms with Gasteiger partial charge in [0.25, 0.3) is 0 Å². The molecule has 2 aromatic carbocycles. The van der Waals surface area contributed by atoms with Gasteiger partial charge in [0.05, 0.1) is 22.6 Å². The monoisotopic (exact) mass is 382 g/mol. The molecule has 5 aromatic rings. The van der Waals surface area contributed by atoms with Crippen LogP contribution in [0.5, 0.6) is 0 Å². The van der Waals surface area contributed by atoms with Crippen molar-refractivity contribution < 1.29 is 0 Å². The van der Waals surface area contributed by atoms with Crippen LogP contribution in [0.15, 0.2) is 79.5 Å². The molecule has 0 aliphatic heterocycles. The molecule has 0 radical (unpaired) electrons. The molecule has 0 saturated heterocycles. The molecule has 3 aromatic heterocycles. The second kappa shape index (κ2) is 7.02. The number of imidazole rings is 1. The molecule has 4 nitrogen and oxygen atoms in total. The summed E-state index contributed by atoms with van der Waals surface area (Å²) in [7, 11) is 0. The highest BCUT2D eigenvalue weighted by molar-refractivity contribution is 7.21. The van der Waals surface area contributed by atoms with E-state index >= 15 is 0 Å². The fraction of sp³-hybridized carbons (Fsp3) is 0.0870. The summed E-state index contributed by atoms with van der Waals surface area (Å²) < 4.78 is 2.24. The highest BCUT2D eigenvalue weighted by Gasteiger charge is 2.18. The van der Waals surface area contributed by atoms with Crippen molar-refractivity contribution >= 4 is 21.6 Å². The Labute approximate surface area is 167 Å². The third-order valence-corrected chi connectivity index (χ3v) is 5.98. The highest BCUT2D eigenvalue weighted by atomic mass is 32.1. The zero-order chi connectivity index (χ0) is 18.9. The van der Waals surface area contributed by atoms with E-state index in [1.54, 1.807) is 17.7 Å². The summed E-state index contributed by atoms with van der Waals surface area (Å²) in [5, 5.41) is 1.06. The number of nitrogens with zero attached hydrogens (tertiary/aromatic N) is 4. The summed E-state index contributed by atoms with van der Waals surface area (Å²) >= 11 is 1.68. The molecular weight excluding hydrogens is 364 g/mol. The Morgan fingerprint density at radius 3 is 2.61 bits per heavy atom. The Balaban J connectivity index is 1.69. The van der Waals surface area contributed by atoms with Crippen LogP contribution in [0.1, 0.15) is 11.1 Å².